The van der Waals surface area contributed by atoms with Crippen LogP contribution in [-0.4, -0.2) is 33.9 Å². The number of nitrogens with zero attached hydrogens (tertiary/aromatic N) is 4. The summed E-state index contributed by atoms with van der Waals surface area (Å²) < 4.78 is 25.2. The summed E-state index contributed by atoms with van der Waals surface area (Å²) >= 11 is 0. The summed E-state index contributed by atoms with van der Waals surface area (Å²) in [5.41, 5.74) is 3.56. The molecule has 3 rings (SSSR count). The number of carbonyl (C=O) groups is 1. The van der Waals surface area contributed by atoms with Crippen molar-refractivity contribution in [1.29, 1.82) is 0 Å². The fourth-order valence-corrected chi connectivity index (χ4v) is 2.52. The van der Waals surface area contributed by atoms with Gasteiger partial charge in [-0.2, -0.15) is 10.2 Å². The normalized spacial score (nSPS) is 10.8. The molecule has 0 saturated carbocycles. The second kappa shape index (κ2) is 9.96. The van der Waals surface area contributed by atoms with Crippen LogP contribution >= 0.6 is 0 Å². The van der Waals surface area contributed by atoms with Gasteiger partial charge in [-0.25, -0.2) is 9.82 Å². The predicted octanol–water partition coefficient (Wildman–Crippen LogP) is 2.67. The van der Waals surface area contributed by atoms with E-state index in [1.165, 1.54) is 25.5 Å². The Morgan fingerprint density at radius 3 is 2.74 bits per heavy atom. The van der Waals surface area contributed by atoms with Gasteiger partial charge in [0.2, 0.25) is 0 Å². The van der Waals surface area contributed by atoms with Crippen LogP contribution in [0.3, 0.4) is 0 Å². The Labute approximate surface area is 176 Å². The van der Waals surface area contributed by atoms with Crippen LogP contribution in [-0.2, 0) is 17.9 Å². The number of hydrazone groups is 1. The van der Waals surface area contributed by atoms with E-state index < -0.39 is 10.8 Å². The van der Waals surface area contributed by atoms with Crippen LogP contribution in [0.1, 0.15) is 11.1 Å². The maximum atomic E-state index is 13.0. The Bertz CT molecular complexity index is 1100. The zero-order valence-electron chi connectivity index (χ0n) is 16.4. The lowest BCUT2D eigenvalue weighted by Crippen LogP contribution is -2.23. The summed E-state index contributed by atoms with van der Waals surface area (Å²) in [6, 6.07) is 11.1. The molecule has 11 heteroatoms. The number of amides is 1. The number of halogens is 1. The number of carbonyl (C=O) groups excluding carboxylic acids is 1. The van der Waals surface area contributed by atoms with E-state index in [4.69, 9.17) is 9.47 Å². The molecule has 0 unspecified atom stereocenters. The van der Waals surface area contributed by atoms with E-state index in [0.29, 0.717) is 17.1 Å². The van der Waals surface area contributed by atoms with Crippen LogP contribution in [0.25, 0.3) is 0 Å². The van der Waals surface area contributed by atoms with Crippen molar-refractivity contribution in [3.8, 4) is 11.5 Å². The van der Waals surface area contributed by atoms with E-state index in [9.17, 15) is 19.3 Å². The lowest BCUT2D eigenvalue weighted by atomic mass is 10.2. The van der Waals surface area contributed by atoms with E-state index in [2.05, 4.69) is 15.6 Å². The summed E-state index contributed by atoms with van der Waals surface area (Å²) in [6.45, 7) is 0.0242. The van der Waals surface area contributed by atoms with Crippen molar-refractivity contribution in [2.24, 2.45) is 5.10 Å². The lowest BCUT2D eigenvalue weighted by molar-refractivity contribution is -0.385. The molecule has 31 heavy (non-hydrogen) atoms. The Balaban J connectivity index is 1.55. The van der Waals surface area contributed by atoms with Gasteiger partial charge in [-0.3, -0.25) is 19.6 Å². The van der Waals surface area contributed by atoms with Crippen molar-refractivity contribution in [3.63, 3.8) is 0 Å². The average molecular weight is 427 g/mol. The smallest absolute Gasteiger partial charge is 0.307 e. The van der Waals surface area contributed by atoms with Crippen LogP contribution in [0.15, 0.2) is 60.0 Å². The zero-order valence-corrected chi connectivity index (χ0v) is 16.4. The number of hydrogen-bond acceptors (Lipinski definition) is 7. The number of benzene rings is 2. The maximum Gasteiger partial charge on any atom is 0.307 e. The molecule has 0 saturated heterocycles. The number of ether oxygens (including phenoxy) is 2. The van der Waals surface area contributed by atoms with Gasteiger partial charge in [0.25, 0.3) is 5.91 Å². The van der Waals surface area contributed by atoms with Crippen molar-refractivity contribution >= 4 is 17.8 Å². The molecule has 0 aliphatic heterocycles. The molecule has 3 aromatic rings. The van der Waals surface area contributed by atoms with Crippen molar-refractivity contribution in [2.45, 2.75) is 13.2 Å². The van der Waals surface area contributed by atoms with Crippen LogP contribution in [0.2, 0.25) is 0 Å². The van der Waals surface area contributed by atoms with Crippen molar-refractivity contribution in [3.05, 3.63) is 81.9 Å². The molecule has 1 N–H and O–H groups in total. The van der Waals surface area contributed by atoms with Gasteiger partial charge >= 0.3 is 5.69 Å². The number of aromatic nitrogens is 2. The molecular weight excluding hydrogens is 409 g/mol. The topological polar surface area (TPSA) is 121 Å². The van der Waals surface area contributed by atoms with Crippen molar-refractivity contribution < 1.29 is 23.6 Å². The minimum Gasteiger partial charge on any atom is -0.493 e. The van der Waals surface area contributed by atoms with Gasteiger partial charge in [-0.05, 0) is 41.5 Å². The molecule has 1 heterocycles. The molecule has 2 aromatic carbocycles. The molecule has 10 nitrogen and oxygen atoms in total. The van der Waals surface area contributed by atoms with E-state index in [0.717, 1.165) is 22.6 Å². The summed E-state index contributed by atoms with van der Waals surface area (Å²) in [6.07, 6.45) is 3.62. The summed E-state index contributed by atoms with van der Waals surface area (Å²) in [4.78, 5) is 21.9. The largest absolute Gasteiger partial charge is 0.493 e. The number of rotatable bonds is 9. The van der Waals surface area contributed by atoms with Crippen LogP contribution in [0.5, 0.6) is 11.5 Å². The predicted molar refractivity (Wildman–Crippen MR) is 108 cm³/mol. The number of hydrogen-bond donors (Lipinski definition) is 1. The maximum absolute atomic E-state index is 13.0. The molecule has 160 valence electrons. The monoisotopic (exact) mass is 427 g/mol. The molecule has 0 fully saturated rings. The number of nitrogens with one attached hydrogen (secondary N) is 1. The molecule has 0 aliphatic rings. The summed E-state index contributed by atoms with van der Waals surface area (Å²) in [5, 5.41) is 18.2. The third-order valence-corrected chi connectivity index (χ3v) is 4.03. The SMILES string of the molecule is COc1cc(/C=N/NC(=O)Cn2cc([N+](=O)[O-])cn2)ccc1OCc1ccc(F)cc1. The Morgan fingerprint density at radius 1 is 1.29 bits per heavy atom. The van der Waals surface area contributed by atoms with Crippen molar-refractivity contribution in [2.75, 3.05) is 7.11 Å². The first-order valence-corrected chi connectivity index (χ1v) is 8.98. The Kier molecular flexibility index (Phi) is 6.89. The number of nitro groups is 1. The first kappa shape index (κ1) is 21.4. The molecule has 0 radical (unpaired) electrons. The minimum atomic E-state index is -0.597. The fourth-order valence-electron chi connectivity index (χ4n) is 2.52. The van der Waals surface area contributed by atoms with Gasteiger partial charge in [0.05, 0.1) is 18.2 Å². The molecular formula is C20H18FN5O5. The Hall–Kier alpha value is -4.28. The standard InChI is InChI=1S/C20H18FN5O5/c1-30-19-8-15(4-7-18(19)31-13-14-2-5-16(21)6-3-14)9-22-24-20(27)12-25-11-17(10-23-25)26(28)29/h2-11H,12-13H2,1H3,(H,24,27)/b22-9+. The second-order valence-corrected chi connectivity index (χ2v) is 6.27. The van der Waals surface area contributed by atoms with Crippen LogP contribution in [0.4, 0.5) is 10.1 Å². The molecule has 0 aliphatic carbocycles. The Morgan fingerprint density at radius 2 is 2.06 bits per heavy atom. The average Bonchev–Trinajstić information content (AvgIpc) is 3.22. The van der Waals surface area contributed by atoms with Gasteiger partial charge in [0, 0.05) is 0 Å². The first-order valence-electron chi connectivity index (χ1n) is 8.98. The molecule has 1 aromatic heterocycles. The van der Waals surface area contributed by atoms with Crippen LogP contribution in [0, 0.1) is 15.9 Å². The molecule has 0 atom stereocenters. The fraction of sp³-hybridized carbons (Fsp3) is 0.150. The highest BCUT2D eigenvalue weighted by molar-refractivity contribution is 5.83. The highest BCUT2D eigenvalue weighted by Crippen LogP contribution is 2.28. The molecule has 0 bridgehead atoms. The zero-order chi connectivity index (χ0) is 22.2. The highest BCUT2D eigenvalue weighted by Gasteiger charge is 2.11. The van der Waals surface area contributed by atoms with Crippen LogP contribution < -0.4 is 14.9 Å². The molecule has 0 spiro atoms. The van der Waals surface area contributed by atoms with E-state index >= 15 is 0 Å². The van der Waals surface area contributed by atoms with E-state index in [1.807, 2.05) is 0 Å². The second-order valence-electron chi connectivity index (χ2n) is 6.27. The van der Waals surface area contributed by atoms with E-state index in [-0.39, 0.29) is 24.7 Å². The van der Waals surface area contributed by atoms with Crippen molar-refractivity contribution in [1.82, 2.24) is 15.2 Å². The summed E-state index contributed by atoms with van der Waals surface area (Å²) in [7, 11) is 1.49. The highest BCUT2D eigenvalue weighted by atomic mass is 19.1. The summed E-state index contributed by atoms with van der Waals surface area (Å²) in [5.74, 6) is 0.137. The first-order chi connectivity index (χ1) is 14.9. The van der Waals surface area contributed by atoms with Gasteiger partial charge in [-0.1, -0.05) is 12.1 Å². The van der Waals surface area contributed by atoms with Gasteiger partial charge < -0.3 is 9.47 Å². The third-order valence-electron chi connectivity index (χ3n) is 4.03. The lowest BCUT2D eigenvalue weighted by Gasteiger charge is -2.11. The third kappa shape index (κ3) is 6.10. The minimum absolute atomic E-state index is 0.204. The number of methoxy groups -OCH3 is 1. The van der Waals surface area contributed by atoms with E-state index in [1.54, 1.807) is 30.3 Å². The quantitative estimate of drug-likeness (QED) is 0.318. The van der Waals surface area contributed by atoms with Gasteiger partial charge in [0.1, 0.15) is 31.4 Å². The van der Waals surface area contributed by atoms with Gasteiger partial charge in [-0.15, -0.1) is 0 Å². The van der Waals surface area contributed by atoms with Gasteiger partial charge in [0.15, 0.2) is 11.5 Å². The molecule has 1 amide bonds.